The van der Waals surface area contributed by atoms with Crippen LogP contribution in [0.4, 0.5) is 5.69 Å². The molecule has 0 amide bonds. The van der Waals surface area contributed by atoms with E-state index < -0.39 is 4.92 Å². The monoisotopic (exact) mass is 289 g/mol. The molecule has 0 spiro atoms. The zero-order valence-corrected chi connectivity index (χ0v) is 11.6. The van der Waals surface area contributed by atoms with E-state index in [1.54, 1.807) is 24.3 Å². The van der Waals surface area contributed by atoms with Crippen molar-refractivity contribution in [2.75, 3.05) is 0 Å². The largest absolute Gasteiger partial charge is 0.294 e. The first-order chi connectivity index (χ1) is 9.47. The molecule has 0 bridgehead atoms. The van der Waals surface area contributed by atoms with Crippen molar-refractivity contribution in [1.29, 1.82) is 0 Å². The fraction of sp³-hybridized carbons (Fsp3) is 0.133. The lowest BCUT2D eigenvalue weighted by Crippen LogP contribution is -2.04. The van der Waals surface area contributed by atoms with E-state index in [1.807, 2.05) is 13.0 Å². The first kappa shape index (κ1) is 14.2. The molecule has 0 N–H and O–H groups in total. The molecule has 0 fully saturated rings. The Labute approximate surface area is 121 Å². The summed E-state index contributed by atoms with van der Waals surface area (Å²) < 4.78 is 0. The minimum atomic E-state index is -0.470. The second kappa shape index (κ2) is 5.84. The first-order valence-electron chi connectivity index (χ1n) is 6.00. The predicted octanol–water partition coefficient (Wildman–Crippen LogP) is 3.98. The molecule has 0 aliphatic heterocycles. The SMILES string of the molecule is Cc1ccc(C(=O)Cc2ccc([N+](=O)[O-])cc2)c(Cl)c1. The topological polar surface area (TPSA) is 60.2 Å². The van der Waals surface area contributed by atoms with Crippen molar-refractivity contribution in [1.82, 2.24) is 0 Å². The number of non-ortho nitro benzene ring substituents is 1. The van der Waals surface area contributed by atoms with E-state index in [2.05, 4.69) is 0 Å². The molecule has 0 unspecified atom stereocenters. The first-order valence-corrected chi connectivity index (χ1v) is 6.38. The second-order valence-electron chi connectivity index (χ2n) is 4.51. The van der Waals surface area contributed by atoms with Gasteiger partial charge in [0, 0.05) is 24.1 Å². The molecule has 20 heavy (non-hydrogen) atoms. The smallest absolute Gasteiger partial charge is 0.269 e. The van der Waals surface area contributed by atoms with E-state index in [9.17, 15) is 14.9 Å². The maximum absolute atomic E-state index is 12.1. The number of hydrogen-bond donors (Lipinski definition) is 0. The van der Waals surface area contributed by atoms with Crippen molar-refractivity contribution in [2.45, 2.75) is 13.3 Å². The number of nitrogens with zero attached hydrogens (tertiary/aromatic N) is 1. The number of nitro groups is 1. The van der Waals surface area contributed by atoms with Crippen molar-refractivity contribution in [3.63, 3.8) is 0 Å². The third kappa shape index (κ3) is 3.22. The van der Waals surface area contributed by atoms with Crippen LogP contribution in [-0.2, 0) is 6.42 Å². The summed E-state index contributed by atoms with van der Waals surface area (Å²) >= 11 is 6.05. The second-order valence-corrected chi connectivity index (χ2v) is 4.91. The number of benzene rings is 2. The number of carbonyl (C=O) groups is 1. The summed E-state index contributed by atoms with van der Waals surface area (Å²) in [5.74, 6) is -0.108. The Balaban J connectivity index is 2.17. The molecule has 5 heteroatoms. The van der Waals surface area contributed by atoms with Gasteiger partial charge in [-0.05, 0) is 30.2 Å². The van der Waals surface area contributed by atoms with Gasteiger partial charge in [-0.25, -0.2) is 0 Å². The number of carbonyl (C=O) groups excluding carboxylic acids is 1. The van der Waals surface area contributed by atoms with Gasteiger partial charge in [-0.3, -0.25) is 14.9 Å². The Bertz CT molecular complexity index is 665. The van der Waals surface area contributed by atoms with Crippen molar-refractivity contribution in [3.05, 3.63) is 74.3 Å². The molecule has 0 aromatic heterocycles. The van der Waals surface area contributed by atoms with Crippen molar-refractivity contribution < 1.29 is 9.72 Å². The molecule has 0 saturated heterocycles. The summed E-state index contributed by atoms with van der Waals surface area (Å²) in [6, 6.07) is 11.2. The van der Waals surface area contributed by atoms with Crippen molar-refractivity contribution in [3.8, 4) is 0 Å². The van der Waals surface area contributed by atoms with E-state index in [1.165, 1.54) is 12.1 Å². The van der Waals surface area contributed by atoms with Crippen LogP contribution in [0.1, 0.15) is 21.5 Å². The lowest BCUT2D eigenvalue weighted by molar-refractivity contribution is -0.384. The van der Waals surface area contributed by atoms with Crippen molar-refractivity contribution >= 4 is 23.1 Å². The molecule has 4 nitrogen and oxygen atoms in total. The highest BCUT2D eigenvalue weighted by Crippen LogP contribution is 2.20. The number of hydrogen-bond acceptors (Lipinski definition) is 3. The van der Waals surface area contributed by atoms with Crippen LogP contribution in [0.5, 0.6) is 0 Å². The molecular formula is C15H12ClNO3. The number of rotatable bonds is 4. The zero-order chi connectivity index (χ0) is 14.7. The van der Waals surface area contributed by atoms with Crippen molar-refractivity contribution in [2.24, 2.45) is 0 Å². The number of nitro benzene ring substituents is 1. The van der Waals surface area contributed by atoms with Gasteiger partial charge in [-0.15, -0.1) is 0 Å². The van der Waals surface area contributed by atoms with Crippen LogP contribution in [0, 0.1) is 17.0 Å². The number of aryl methyl sites for hydroxylation is 1. The summed E-state index contributed by atoms with van der Waals surface area (Å²) in [4.78, 5) is 22.2. The normalized spacial score (nSPS) is 10.3. The van der Waals surface area contributed by atoms with E-state index in [0.29, 0.717) is 10.6 Å². The van der Waals surface area contributed by atoms with Crippen LogP contribution in [0.15, 0.2) is 42.5 Å². The maximum Gasteiger partial charge on any atom is 0.269 e. The molecule has 102 valence electrons. The molecule has 0 saturated carbocycles. The van der Waals surface area contributed by atoms with Gasteiger partial charge in [0.1, 0.15) is 0 Å². The molecule has 2 aromatic rings. The molecule has 0 heterocycles. The fourth-order valence-electron chi connectivity index (χ4n) is 1.86. The minimum absolute atomic E-state index is 0.00886. The summed E-state index contributed by atoms with van der Waals surface area (Å²) in [6.45, 7) is 1.90. The van der Waals surface area contributed by atoms with Crippen LogP contribution in [0.2, 0.25) is 5.02 Å². The number of Topliss-reactive ketones (excluding diaryl/α,β-unsaturated/α-hetero) is 1. The molecule has 2 rings (SSSR count). The molecule has 0 aliphatic carbocycles. The van der Waals surface area contributed by atoms with E-state index in [4.69, 9.17) is 11.6 Å². The van der Waals surface area contributed by atoms with Gasteiger partial charge >= 0.3 is 0 Å². The van der Waals surface area contributed by atoms with Crippen LogP contribution < -0.4 is 0 Å². The quantitative estimate of drug-likeness (QED) is 0.486. The van der Waals surface area contributed by atoms with Gasteiger partial charge < -0.3 is 0 Å². The van der Waals surface area contributed by atoms with E-state index >= 15 is 0 Å². The van der Waals surface area contributed by atoms with Crippen LogP contribution in [0.3, 0.4) is 0 Å². The average molecular weight is 290 g/mol. The summed E-state index contributed by atoms with van der Waals surface area (Å²) in [5.41, 5.74) is 2.18. The Morgan fingerprint density at radius 3 is 2.40 bits per heavy atom. The van der Waals surface area contributed by atoms with Gasteiger partial charge in [0.2, 0.25) is 0 Å². The van der Waals surface area contributed by atoms with Gasteiger partial charge in [0.15, 0.2) is 5.78 Å². The van der Waals surface area contributed by atoms with Gasteiger partial charge in [0.25, 0.3) is 5.69 Å². The van der Waals surface area contributed by atoms with Gasteiger partial charge in [0.05, 0.1) is 9.95 Å². The highest BCUT2D eigenvalue weighted by Gasteiger charge is 2.12. The van der Waals surface area contributed by atoms with Crippen LogP contribution in [-0.4, -0.2) is 10.7 Å². The molecule has 0 atom stereocenters. The fourth-order valence-corrected chi connectivity index (χ4v) is 2.20. The molecule has 0 radical (unpaired) electrons. The van der Waals surface area contributed by atoms with Gasteiger partial charge in [-0.2, -0.15) is 0 Å². The minimum Gasteiger partial charge on any atom is -0.294 e. The zero-order valence-electron chi connectivity index (χ0n) is 10.8. The summed E-state index contributed by atoms with van der Waals surface area (Å²) in [6.07, 6.45) is 0.167. The number of ketones is 1. The molecule has 2 aromatic carbocycles. The number of halogens is 1. The molecular weight excluding hydrogens is 278 g/mol. The van der Waals surface area contributed by atoms with E-state index in [-0.39, 0.29) is 17.9 Å². The lowest BCUT2D eigenvalue weighted by Gasteiger charge is -2.05. The Morgan fingerprint density at radius 1 is 1.20 bits per heavy atom. The highest BCUT2D eigenvalue weighted by atomic mass is 35.5. The third-order valence-corrected chi connectivity index (χ3v) is 3.25. The van der Waals surface area contributed by atoms with E-state index in [0.717, 1.165) is 11.1 Å². The Morgan fingerprint density at radius 2 is 1.85 bits per heavy atom. The molecule has 0 aliphatic rings. The highest BCUT2D eigenvalue weighted by molar-refractivity contribution is 6.34. The standard InChI is InChI=1S/C15H12ClNO3/c1-10-2-7-13(14(16)8-10)15(18)9-11-3-5-12(6-4-11)17(19)20/h2-8H,9H2,1H3. The van der Waals surface area contributed by atoms with Crippen LogP contribution in [0.25, 0.3) is 0 Å². The van der Waals surface area contributed by atoms with Gasteiger partial charge in [-0.1, -0.05) is 29.8 Å². The lowest BCUT2D eigenvalue weighted by atomic mass is 10.0. The van der Waals surface area contributed by atoms with Crippen LogP contribution >= 0.6 is 11.6 Å². The third-order valence-electron chi connectivity index (χ3n) is 2.94. The maximum atomic E-state index is 12.1. The average Bonchev–Trinajstić information content (AvgIpc) is 2.39. The predicted molar refractivity (Wildman–Crippen MR) is 77.3 cm³/mol. The Kier molecular flexibility index (Phi) is 4.15. The Hall–Kier alpha value is -2.20. The summed E-state index contributed by atoms with van der Waals surface area (Å²) in [7, 11) is 0. The summed E-state index contributed by atoms with van der Waals surface area (Å²) in [5, 5.41) is 11.0.